The molecule has 0 saturated heterocycles. The van der Waals surface area contributed by atoms with Gasteiger partial charge in [0.25, 0.3) is 0 Å². The van der Waals surface area contributed by atoms with Gasteiger partial charge in [-0.15, -0.1) is 0 Å². The standard InChI is InChI=1S/C53H42N4O/c1-34-23-26-42-43-29-30-47-49(50(43)57(46(42)31-34)40-21-13-6-14-22-40)44-28-25-39(33-48(44)58-47)41-27-24-38(35-15-7-3-8-16-35)32-45(41)51-54-52(36-17-9-4-10-18-36)56(2)53(55-51)37-19-11-5-12-20-37/h4-7,9-22,24-34,52H,3,8,23H2,1-2H3. The number of benzene rings is 6. The molecular formula is C53H42N4O. The van der Waals surface area contributed by atoms with E-state index in [0.29, 0.717) is 11.8 Å². The molecule has 0 amide bonds. The fourth-order valence-corrected chi connectivity index (χ4v) is 9.13. The Labute approximate surface area is 337 Å². The van der Waals surface area contributed by atoms with Crippen LogP contribution in [0.2, 0.25) is 0 Å². The number of rotatable bonds is 6. The normalized spacial score (nSPS) is 17.8. The van der Waals surface area contributed by atoms with Gasteiger partial charge in [0.15, 0.2) is 5.84 Å². The van der Waals surface area contributed by atoms with Crippen molar-refractivity contribution in [2.75, 3.05) is 7.05 Å². The average Bonchev–Trinajstić information content (AvgIpc) is 3.82. The Bertz CT molecular complexity index is 3160. The maximum absolute atomic E-state index is 6.82. The van der Waals surface area contributed by atoms with Crippen molar-refractivity contribution in [3.63, 3.8) is 0 Å². The summed E-state index contributed by atoms with van der Waals surface area (Å²) >= 11 is 0. The number of hydrogen-bond donors (Lipinski definition) is 0. The summed E-state index contributed by atoms with van der Waals surface area (Å²) < 4.78 is 9.26. The van der Waals surface area contributed by atoms with E-state index in [1.165, 1.54) is 27.0 Å². The highest BCUT2D eigenvalue weighted by Gasteiger charge is 2.28. The van der Waals surface area contributed by atoms with Crippen LogP contribution in [0.1, 0.15) is 54.6 Å². The topological polar surface area (TPSA) is 46.0 Å². The summed E-state index contributed by atoms with van der Waals surface area (Å²) in [7, 11) is 2.09. The van der Waals surface area contributed by atoms with Crippen molar-refractivity contribution in [2.24, 2.45) is 15.9 Å². The lowest BCUT2D eigenvalue weighted by Crippen LogP contribution is -2.35. The van der Waals surface area contributed by atoms with Crippen LogP contribution in [0.5, 0.6) is 0 Å². The predicted octanol–water partition coefficient (Wildman–Crippen LogP) is 11.4. The molecule has 1 aliphatic heterocycles. The molecule has 3 heterocycles. The summed E-state index contributed by atoms with van der Waals surface area (Å²) in [4.78, 5) is 13.0. The van der Waals surface area contributed by atoms with Gasteiger partial charge in [-0.25, -0.2) is 9.98 Å². The van der Waals surface area contributed by atoms with Gasteiger partial charge in [0.05, 0.1) is 16.3 Å². The molecule has 0 spiro atoms. The van der Waals surface area contributed by atoms with Crippen molar-refractivity contribution in [1.82, 2.24) is 9.47 Å². The Morgan fingerprint density at radius 3 is 2.22 bits per heavy atom. The number of fused-ring (bicyclic) bond motifs is 7. The lowest BCUT2D eigenvalue weighted by atomic mass is 9.92. The molecule has 2 aliphatic carbocycles. The monoisotopic (exact) mass is 750 g/mol. The van der Waals surface area contributed by atoms with Gasteiger partial charge < -0.3 is 13.9 Å². The van der Waals surface area contributed by atoms with Crippen LogP contribution in [-0.2, 0) is 0 Å². The molecule has 0 fully saturated rings. The Morgan fingerprint density at radius 1 is 0.672 bits per heavy atom. The number of aromatic nitrogens is 1. The number of nitrogens with zero attached hydrogens (tertiary/aromatic N) is 4. The third-order valence-corrected chi connectivity index (χ3v) is 12.0. The number of allylic oxidation sites excluding steroid dienone is 4. The van der Waals surface area contributed by atoms with E-state index in [9.17, 15) is 0 Å². The zero-order chi connectivity index (χ0) is 38.7. The molecule has 0 bridgehead atoms. The van der Waals surface area contributed by atoms with Crippen molar-refractivity contribution in [3.8, 4) is 16.8 Å². The van der Waals surface area contributed by atoms with E-state index in [1.807, 2.05) is 6.07 Å². The van der Waals surface area contributed by atoms with E-state index in [2.05, 4.69) is 187 Å². The maximum atomic E-state index is 6.82. The van der Waals surface area contributed by atoms with Crippen LogP contribution >= 0.6 is 0 Å². The first-order valence-corrected chi connectivity index (χ1v) is 20.4. The van der Waals surface area contributed by atoms with Gasteiger partial charge in [-0.3, -0.25) is 0 Å². The lowest BCUT2D eigenvalue weighted by molar-refractivity contribution is 0.383. The Balaban J connectivity index is 1.13. The minimum Gasteiger partial charge on any atom is -0.456 e. The fourth-order valence-electron chi connectivity index (χ4n) is 9.13. The van der Waals surface area contributed by atoms with E-state index in [1.54, 1.807) is 0 Å². The van der Waals surface area contributed by atoms with Crippen LogP contribution in [0, 0.1) is 5.92 Å². The van der Waals surface area contributed by atoms with Crippen molar-refractivity contribution < 1.29 is 4.42 Å². The Hall–Kier alpha value is -6.98. The first kappa shape index (κ1) is 34.3. The largest absolute Gasteiger partial charge is 0.456 e. The predicted molar refractivity (Wildman–Crippen MR) is 241 cm³/mol. The van der Waals surface area contributed by atoms with E-state index >= 15 is 0 Å². The first-order valence-electron chi connectivity index (χ1n) is 20.4. The van der Waals surface area contributed by atoms with Crippen molar-refractivity contribution >= 4 is 62.2 Å². The summed E-state index contributed by atoms with van der Waals surface area (Å²) in [6, 6.07) is 49.6. The summed E-state index contributed by atoms with van der Waals surface area (Å²) in [5.74, 6) is 2.06. The van der Waals surface area contributed by atoms with Gasteiger partial charge in [-0.2, -0.15) is 0 Å². The average molecular weight is 751 g/mol. The van der Waals surface area contributed by atoms with Crippen molar-refractivity contribution in [1.29, 1.82) is 0 Å². The second-order valence-corrected chi connectivity index (χ2v) is 15.8. The molecule has 6 aromatic carbocycles. The van der Waals surface area contributed by atoms with E-state index in [0.717, 1.165) is 86.1 Å². The second kappa shape index (κ2) is 13.9. The molecule has 11 rings (SSSR count). The molecule has 0 saturated carbocycles. The molecule has 2 aromatic heterocycles. The molecule has 5 heteroatoms. The lowest BCUT2D eigenvalue weighted by Gasteiger charge is -2.33. The number of furan rings is 1. The van der Waals surface area contributed by atoms with Gasteiger partial charge in [0, 0.05) is 39.9 Å². The molecule has 2 unspecified atom stereocenters. The molecule has 5 nitrogen and oxygen atoms in total. The molecule has 8 aromatic rings. The smallest absolute Gasteiger partial charge is 0.160 e. The number of para-hydroxylation sites is 1. The molecule has 0 N–H and O–H groups in total. The minimum atomic E-state index is -0.251. The van der Waals surface area contributed by atoms with Gasteiger partial charge in [-0.1, -0.05) is 134 Å². The molecule has 280 valence electrons. The van der Waals surface area contributed by atoms with E-state index in [4.69, 9.17) is 14.4 Å². The van der Waals surface area contributed by atoms with Gasteiger partial charge in [0.2, 0.25) is 0 Å². The summed E-state index contributed by atoms with van der Waals surface area (Å²) in [6.45, 7) is 2.30. The SMILES string of the molecule is CC1C=c2c(c3ccc4oc5cc(-c6ccc(C7=CCCC=C7)cc6C6=NC(c7ccccc7)N(C)C(c7ccccc7)=N6)ccc5c4c3n2-c2ccccc2)=CC1. The zero-order valence-electron chi connectivity index (χ0n) is 32.6. The molecule has 2 atom stereocenters. The van der Waals surface area contributed by atoms with Crippen molar-refractivity contribution in [2.45, 2.75) is 32.4 Å². The van der Waals surface area contributed by atoms with Crippen molar-refractivity contribution in [3.05, 3.63) is 191 Å². The molecular weight excluding hydrogens is 709 g/mol. The Morgan fingerprint density at radius 2 is 1.43 bits per heavy atom. The maximum Gasteiger partial charge on any atom is 0.160 e. The number of hydrogen-bond acceptors (Lipinski definition) is 4. The quantitative estimate of drug-likeness (QED) is 0.170. The summed E-state index contributed by atoms with van der Waals surface area (Å²) in [5, 5.41) is 6.06. The highest BCUT2D eigenvalue weighted by atomic mass is 16.3. The highest BCUT2D eigenvalue weighted by Crippen LogP contribution is 2.39. The van der Waals surface area contributed by atoms with Crippen LogP contribution < -0.4 is 10.6 Å². The third kappa shape index (κ3) is 5.68. The van der Waals surface area contributed by atoms with Gasteiger partial charge in [0.1, 0.15) is 23.2 Å². The van der Waals surface area contributed by atoms with Crippen LogP contribution in [0.25, 0.3) is 67.4 Å². The second-order valence-electron chi connectivity index (χ2n) is 15.8. The summed E-state index contributed by atoms with van der Waals surface area (Å²) in [5.41, 5.74) is 11.7. The molecule has 3 aliphatic rings. The first-order chi connectivity index (χ1) is 28.6. The fraction of sp³-hybridized carbons (Fsp3) is 0.132. The third-order valence-electron chi connectivity index (χ3n) is 12.0. The molecule has 58 heavy (non-hydrogen) atoms. The number of amidine groups is 2. The summed E-state index contributed by atoms with van der Waals surface area (Å²) in [6.07, 6.45) is 14.6. The van der Waals surface area contributed by atoms with Crippen LogP contribution in [0.3, 0.4) is 0 Å². The number of aliphatic imine (C=N–C) groups is 2. The van der Waals surface area contributed by atoms with Gasteiger partial charge in [-0.05, 0) is 95.5 Å². The highest BCUT2D eigenvalue weighted by molar-refractivity contribution is 6.19. The van der Waals surface area contributed by atoms with E-state index < -0.39 is 0 Å². The van der Waals surface area contributed by atoms with E-state index in [-0.39, 0.29) is 6.17 Å². The van der Waals surface area contributed by atoms with Crippen LogP contribution in [0.4, 0.5) is 0 Å². The Kier molecular flexibility index (Phi) is 8.21. The minimum absolute atomic E-state index is 0.251. The molecule has 0 radical (unpaired) electrons. The van der Waals surface area contributed by atoms with Crippen LogP contribution in [0.15, 0.2) is 172 Å². The van der Waals surface area contributed by atoms with Gasteiger partial charge >= 0.3 is 0 Å². The zero-order valence-corrected chi connectivity index (χ0v) is 32.6. The van der Waals surface area contributed by atoms with Crippen LogP contribution in [-0.4, -0.2) is 28.2 Å².